The van der Waals surface area contributed by atoms with Crippen molar-refractivity contribution in [1.29, 1.82) is 0 Å². The van der Waals surface area contributed by atoms with E-state index in [0.29, 0.717) is 11.0 Å². The van der Waals surface area contributed by atoms with Gasteiger partial charge in [-0.1, -0.05) is 6.07 Å². The maximum atomic E-state index is 10.8. The van der Waals surface area contributed by atoms with Crippen LogP contribution in [0, 0.1) is 5.92 Å². The minimum atomic E-state index is -0.808. The highest BCUT2D eigenvalue weighted by Gasteiger charge is 2.40. The van der Waals surface area contributed by atoms with Crippen LogP contribution in [0.1, 0.15) is 31.7 Å². The second-order valence-electron chi connectivity index (χ2n) is 5.38. The number of nitrogens with zero attached hydrogens (tertiary/aromatic N) is 1. The standard InChI is InChI=1S/C14H19BrN2O3/c1-8(2)20-13-4-3-9(6-12(13)15)11-5-10(11)7-17(19)14(16)18/h3-4,6,8,10-11,19H,5,7H2,1-2H3,(H2,16,18)/t10-,11-/m0/s1. The topological polar surface area (TPSA) is 75.8 Å². The first-order valence-electron chi connectivity index (χ1n) is 6.60. The van der Waals surface area contributed by atoms with Crippen LogP contribution in [0.5, 0.6) is 5.75 Å². The van der Waals surface area contributed by atoms with Gasteiger partial charge in [0.1, 0.15) is 5.75 Å². The number of carbonyl (C=O) groups excluding carboxylic acids is 1. The summed E-state index contributed by atoms with van der Waals surface area (Å²) < 4.78 is 6.59. The smallest absolute Gasteiger partial charge is 0.338 e. The molecule has 3 N–H and O–H groups in total. The Bertz CT molecular complexity index is 507. The van der Waals surface area contributed by atoms with Gasteiger partial charge in [-0.15, -0.1) is 0 Å². The molecule has 0 radical (unpaired) electrons. The summed E-state index contributed by atoms with van der Waals surface area (Å²) in [7, 11) is 0. The Morgan fingerprint density at radius 3 is 2.85 bits per heavy atom. The molecule has 0 aromatic heterocycles. The molecule has 2 amide bonds. The largest absolute Gasteiger partial charge is 0.490 e. The minimum absolute atomic E-state index is 0.129. The Labute approximate surface area is 126 Å². The second kappa shape index (κ2) is 6.01. The van der Waals surface area contributed by atoms with Gasteiger partial charge < -0.3 is 10.5 Å². The van der Waals surface area contributed by atoms with Crippen molar-refractivity contribution in [2.75, 3.05) is 6.54 Å². The second-order valence-corrected chi connectivity index (χ2v) is 6.23. The van der Waals surface area contributed by atoms with Gasteiger partial charge in [-0.25, -0.2) is 9.86 Å². The number of urea groups is 1. The van der Waals surface area contributed by atoms with Crippen LogP contribution in [0.15, 0.2) is 22.7 Å². The van der Waals surface area contributed by atoms with Crippen LogP contribution >= 0.6 is 15.9 Å². The molecule has 1 fully saturated rings. The maximum Gasteiger partial charge on any atom is 0.338 e. The third kappa shape index (κ3) is 3.64. The number of halogens is 1. The summed E-state index contributed by atoms with van der Waals surface area (Å²) >= 11 is 3.51. The molecular weight excluding hydrogens is 324 g/mol. The average Bonchev–Trinajstić information content (AvgIpc) is 3.10. The highest BCUT2D eigenvalue weighted by atomic mass is 79.9. The van der Waals surface area contributed by atoms with Crippen molar-refractivity contribution in [3.8, 4) is 5.75 Å². The zero-order chi connectivity index (χ0) is 14.9. The van der Waals surface area contributed by atoms with Crippen molar-refractivity contribution in [1.82, 2.24) is 5.06 Å². The van der Waals surface area contributed by atoms with Crippen LogP contribution in [0.2, 0.25) is 0 Å². The van der Waals surface area contributed by atoms with Crippen molar-refractivity contribution < 1.29 is 14.7 Å². The maximum absolute atomic E-state index is 10.8. The van der Waals surface area contributed by atoms with E-state index in [2.05, 4.69) is 15.9 Å². The van der Waals surface area contributed by atoms with E-state index >= 15 is 0 Å². The summed E-state index contributed by atoms with van der Waals surface area (Å²) in [5, 5.41) is 9.91. The van der Waals surface area contributed by atoms with Crippen LogP contribution in [0.4, 0.5) is 4.79 Å². The first-order valence-corrected chi connectivity index (χ1v) is 7.39. The number of carbonyl (C=O) groups is 1. The Kier molecular flexibility index (Phi) is 4.55. The van der Waals surface area contributed by atoms with E-state index in [4.69, 9.17) is 10.5 Å². The van der Waals surface area contributed by atoms with Crippen molar-refractivity contribution in [3.05, 3.63) is 28.2 Å². The van der Waals surface area contributed by atoms with Gasteiger partial charge in [0.2, 0.25) is 0 Å². The van der Waals surface area contributed by atoms with Crippen molar-refractivity contribution in [2.24, 2.45) is 11.7 Å². The van der Waals surface area contributed by atoms with Crippen molar-refractivity contribution in [3.63, 3.8) is 0 Å². The minimum Gasteiger partial charge on any atom is -0.490 e. The van der Waals surface area contributed by atoms with Crippen LogP contribution in [0.3, 0.4) is 0 Å². The van der Waals surface area contributed by atoms with E-state index in [-0.39, 0.29) is 18.6 Å². The van der Waals surface area contributed by atoms with Gasteiger partial charge in [-0.2, -0.15) is 0 Å². The highest BCUT2D eigenvalue weighted by molar-refractivity contribution is 9.10. The van der Waals surface area contributed by atoms with Crippen LogP contribution in [-0.4, -0.2) is 29.0 Å². The number of primary amides is 1. The van der Waals surface area contributed by atoms with E-state index in [9.17, 15) is 10.0 Å². The number of nitrogens with two attached hydrogens (primary N) is 1. The lowest BCUT2D eigenvalue weighted by atomic mass is 10.1. The number of benzene rings is 1. The summed E-state index contributed by atoms with van der Waals surface area (Å²) in [4.78, 5) is 10.8. The number of amides is 2. The first kappa shape index (κ1) is 15.1. The van der Waals surface area contributed by atoms with Crippen LogP contribution < -0.4 is 10.5 Å². The molecule has 1 saturated carbocycles. The normalized spacial score (nSPS) is 20.9. The molecule has 1 aromatic carbocycles. The van der Waals surface area contributed by atoms with Gasteiger partial charge in [0.25, 0.3) is 0 Å². The van der Waals surface area contributed by atoms with E-state index in [1.807, 2.05) is 32.0 Å². The molecule has 2 rings (SSSR count). The SMILES string of the molecule is CC(C)Oc1ccc([C@@H]2C[C@H]2CN(O)C(N)=O)cc1Br. The lowest BCUT2D eigenvalue weighted by Gasteiger charge is -2.13. The fourth-order valence-electron chi connectivity index (χ4n) is 2.27. The molecule has 110 valence electrons. The van der Waals surface area contributed by atoms with Gasteiger partial charge in [-0.3, -0.25) is 5.21 Å². The molecule has 0 heterocycles. The molecular formula is C14H19BrN2O3. The highest BCUT2D eigenvalue weighted by Crippen LogP contribution is 2.48. The predicted octanol–water partition coefficient (Wildman–Crippen LogP) is 3.11. The monoisotopic (exact) mass is 342 g/mol. The average molecular weight is 343 g/mol. The molecule has 0 spiro atoms. The molecule has 1 aliphatic carbocycles. The molecule has 0 bridgehead atoms. The zero-order valence-electron chi connectivity index (χ0n) is 11.5. The van der Waals surface area contributed by atoms with Gasteiger partial charge >= 0.3 is 6.03 Å². The summed E-state index contributed by atoms with van der Waals surface area (Å²) in [5.74, 6) is 1.44. The van der Waals surface area contributed by atoms with Gasteiger partial charge in [-0.05, 0) is 65.7 Å². The van der Waals surface area contributed by atoms with Gasteiger partial charge in [0.05, 0.1) is 17.1 Å². The predicted molar refractivity (Wildman–Crippen MR) is 78.8 cm³/mol. The number of hydroxylamine groups is 2. The molecule has 0 aliphatic heterocycles. The molecule has 5 nitrogen and oxygen atoms in total. The number of hydrogen-bond donors (Lipinski definition) is 2. The Morgan fingerprint density at radius 2 is 2.30 bits per heavy atom. The molecule has 20 heavy (non-hydrogen) atoms. The molecule has 6 heteroatoms. The first-order chi connectivity index (χ1) is 9.38. The van der Waals surface area contributed by atoms with Gasteiger partial charge in [0.15, 0.2) is 0 Å². The number of ether oxygens (including phenoxy) is 1. The van der Waals surface area contributed by atoms with Gasteiger partial charge in [0, 0.05) is 0 Å². The van der Waals surface area contributed by atoms with Crippen LogP contribution in [-0.2, 0) is 0 Å². The molecule has 0 saturated heterocycles. The zero-order valence-corrected chi connectivity index (χ0v) is 13.1. The van der Waals surface area contributed by atoms with Crippen molar-refractivity contribution in [2.45, 2.75) is 32.3 Å². The fraction of sp³-hybridized carbons (Fsp3) is 0.500. The van der Waals surface area contributed by atoms with Crippen LogP contribution in [0.25, 0.3) is 0 Å². The molecule has 1 aliphatic rings. The Hall–Kier alpha value is -1.27. The lowest BCUT2D eigenvalue weighted by Crippen LogP contribution is -2.34. The summed E-state index contributed by atoms with van der Waals surface area (Å²) in [6.07, 6.45) is 1.07. The fourth-order valence-corrected chi connectivity index (χ4v) is 2.76. The molecule has 0 unspecified atom stereocenters. The Balaban J connectivity index is 1.98. The quantitative estimate of drug-likeness (QED) is 0.637. The summed E-state index contributed by atoms with van der Waals surface area (Å²) in [6, 6.07) is 5.20. The number of hydrogen-bond acceptors (Lipinski definition) is 3. The molecule has 2 atom stereocenters. The summed E-state index contributed by atoms with van der Waals surface area (Å²) in [6.45, 7) is 4.25. The van der Waals surface area contributed by atoms with E-state index in [1.54, 1.807) is 0 Å². The third-order valence-corrected chi connectivity index (χ3v) is 3.95. The Morgan fingerprint density at radius 1 is 1.60 bits per heavy atom. The van der Waals surface area contributed by atoms with E-state index in [0.717, 1.165) is 16.6 Å². The lowest BCUT2D eigenvalue weighted by molar-refractivity contribution is -0.0431. The van der Waals surface area contributed by atoms with E-state index in [1.165, 1.54) is 5.56 Å². The van der Waals surface area contributed by atoms with Crippen molar-refractivity contribution >= 4 is 22.0 Å². The number of rotatable bonds is 5. The van der Waals surface area contributed by atoms with E-state index < -0.39 is 6.03 Å². The third-order valence-electron chi connectivity index (χ3n) is 3.33. The molecule has 1 aromatic rings. The summed E-state index contributed by atoms with van der Waals surface area (Å²) in [5.41, 5.74) is 6.18.